The highest BCUT2D eigenvalue weighted by atomic mass is 35.5. The second-order valence-electron chi connectivity index (χ2n) is 2.54. The first-order chi connectivity index (χ1) is 6.56. The second-order valence-corrected chi connectivity index (χ2v) is 2.97. The quantitative estimate of drug-likeness (QED) is 0.813. The summed E-state index contributed by atoms with van der Waals surface area (Å²) in [5, 5.41) is 18.4. The van der Waals surface area contributed by atoms with Gasteiger partial charge in [0, 0.05) is 11.1 Å². The number of halogens is 1. The number of hydrogen-bond donors (Lipinski definition) is 2. The zero-order valence-electron chi connectivity index (χ0n) is 7.45. The third-order valence-electron chi connectivity index (χ3n) is 1.57. The standard InChI is InChI=1S/C9H9ClO4/c1-2-14-7-4-5(10)3-6(8(7)11)9(12)13/h3-4,11H,2H2,1H3,(H,12,13). The number of hydrogen-bond acceptors (Lipinski definition) is 3. The first kappa shape index (κ1) is 10.7. The molecule has 0 radical (unpaired) electrons. The molecule has 0 amide bonds. The van der Waals surface area contributed by atoms with Gasteiger partial charge in [0.05, 0.1) is 6.61 Å². The van der Waals surface area contributed by atoms with E-state index in [1.807, 2.05) is 0 Å². The normalized spacial score (nSPS) is 9.86. The lowest BCUT2D eigenvalue weighted by molar-refractivity contribution is 0.0693. The minimum absolute atomic E-state index is 0.0809. The Hall–Kier alpha value is -1.42. The van der Waals surface area contributed by atoms with Gasteiger partial charge in [-0.15, -0.1) is 0 Å². The molecule has 4 nitrogen and oxygen atoms in total. The Balaban J connectivity index is 3.24. The van der Waals surface area contributed by atoms with E-state index in [0.717, 1.165) is 0 Å². The molecule has 1 aromatic rings. The summed E-state index contributed by atoms with van der Waals surface area (Å²) in [7, 11) is 0. The second kappa shape index (κ2) is 4.19. The maximum Gasteiger partial charge on any atom is 0.339 e. The van der Waals surface area contributed by atoms with Crippen LogP contribution in [0.3, 0.4) is 0 Å². The van der Waals surface area contributed by atoms with Crippen molar-refractivity contribution in [3.05, 3.63) is 22.7 Å². The fourth-order valence-electron chi connectivity index (χ4n) is 1.00. The molecule has 76 valence electrons. The van der Waals surface area contributed by atoms with Crippen LogP contribution in [-0.4, -0.2) is 22.8 Å². The Labute approximate surface area is 85.7 Å². The molecule has 0 aliphatic rings. The smallest absolute Gasteiger partial charge is 0.339 e. The molecule has 0 aliphatic heterocycles. The molecule has 0 bridgehead atoms. The van der Waals surface area contributed by atoms with Gasteiger partial charge in [-0.1, -0.05) is 11.6 Å². The highest BCUT2D eigenvalue weighted by Crippen LogP contribution is 2.33. The molecule has 0 saturated carbocycles. The third kappa shape index (κ3) is 2.09. The third-order valence-corrected chi connectivity index (χ3v) is 1.79. The van der Waals surface area contributed by atoms with Gasteiger partial charge in [-0.05, 0) is 13.0 Å². The molecule has 0 unspecified atom stereocenters. The van der Waals surface area contributed by atoms with E-state index in [2.05, 4.69) is 0 Å². The molecule has 5 heteroatoms. The number of aromatic hydroxyl groups is 1. The molecule has 1 aromatic carbocycles. The minimum atomic E-state index is -1.24. The Morgan fingerprint density at radius 2 is 2.21 bits per heavy atom. The molecular weight excluding hydrogens is 208 g/mol. The zero-order chi connectivity index (χ0) is 10.7. The average Bonchev–Trinajstić information content (AvgIpc) is 2.10. The van der Waals surface area contributed by atoms with Gasteiger partial charge in [0.2, 0.25) is 0 Å². The SMILES string of the molecule is CCOc1cc(Cl)cc(C(=O)O)c1O. The zero-order valence-corrected chi connectivity index (χ0v) is 8.21. The Morgan fingerprint density at radius 3 is 2.71 bits per heavy atom. The van der Waals surface area contributed by atoms with Gasteiger partial charge in [0.1, 0.15) is 5.56 Å². The highest BCUT2D eigenvalue weighted by Gasteiger charge is 2.15. The topological polar surface area (TPSA) is 66.8 Å². The maximum absolute atomic E-state index is 10.7. The number of carboxylic acid groups (broad SMARTS) is 1. The molecule has 0 saturated heterocycles. The lowest BCUT2D eigenvalue weighted by atomic mass is 10.2. The van der Waals surface area contributed by atoms with Crippen molar-refractivity contribution in [2.45, 2.75) is 6.92 Å². The molecule has 0 aliphatic carbocycles. The number of carbonyl (C=O) groups is 1. The Kier molecular flexibility index (Phi) is 3.19. The summed E-state index contributed by atoms with van der Waals surface area (Å²) in [6.07, 6.45) is 0. The summed E-state index contributed by atoms with van der Waals surface area (Å²) in [6, 6.07) is 2.54. The number of rotatable bonds is 3. The van der Waals surface area contributed by atoms with Crippen LogP contribution in [0.25, 0.3) is 0 Å². The lowest BCUT2D eigenvalue weighted by Gasteiger charge is -2.08. The summed E-state index contributed by atoms with van der Waals surface area (Å²) in [5.41, 5.74) is -0.263. The molecule has 0 atom stereocenters. The monoisotopic (exact) mass is 216 g/mol. The van der Waals surface area contributed by atoms with Crippen molar-refractivity contribution in [2.24, 2.45) is 0 Å². The Morgan fingerprint density at radius 1 is 1.57 bits per heavy atom. The molecule has 1 rings (SSSR count). The van der Waals surface area contributed by atoms with Gasteiger partial charge in [-0.3, -0.25) is 0 Å². The van der Waals surface area contributed by atoms with E-state index in [0.29, 0.717) is 6.61 Å². The lowest BCUT2D eigenvalue weighted by Crippen LogP contribution is -2.00. The van der Waals surface area contributed by atoms with Crippen molar-refractivity contribution in [3.8, 4) is 11.5 Å². The van der Waals surface area contributed by atoms with Crippen LogP contribution in [0.2, 0.25) is 5.02 Å². The van der Waals surface area contributed by atoms with Crippen LogP contribution in [0.5, 0.6) is 11.5 Å². The van der Waals surface area contributed by atoms with Gasteiger partial charge >= 0.3 is 5.97 Å². The number of carboxylic acids is 1. The van der Waals surface area contributed by atoms with Crippen LogP contribution in [0.4, 0.5) is 0 Å². The maximum atomic E-state index is 10.7. The van der Waals surface area contributed by atoms with E-state index in [1.54, 1.807) is 6.92 Å². The summed E-state index contributed by atoms with van der Waals surface area (Å²) in [4.78, 5) is 10.7. The van der Waals surface area contributed by atoms with Gasteiger partial charge in [-0.25, -0.2) is 4.79 Å². The van der Waals surface area contributed by atoms with Crippen LogP contribution in [0, 0.1) is 0 Å². The van der Waals surface area contributed by atoms with Crippen LogP contribution in [0.15, 0.2) is 12.1 Å². The van der Waals surface area contributed by atoms with E-state index in [1.165, 1.54) is 12.1 Å². The number of aromatic carboxylic acids is 1. The van der Waals surface area contributed by atoms with Crippen LogP contribution in [0.1, 0.15) is 17.3 Å². The number of phenols is 1. The molecule has 0 aromatic heterocycles. The van der Waals surface area contributed by atoms with Crippen LogP contribution >= 0.6 is 11.6 Å². The largest absolute Gasteiger partial charge is 0.504 e. The minimum Gasteiger partial charge on any atom is -0.504 e. The van der Waals surface area contributed by atoms with Gasteiger partial charge in [0.15, 0.2) is 11.5 Å². The van der Waals surface area contributed by atoms with Gasteiger partial charge in [-0.2, -0.15) is 0 Å². The van der Waals surface area contributed by atoms with Gasteiger partial charge in [0.25, 0.3) is 0 Å². The van der Waals surface area contributed by atoms with Crippen LogP contribution in [-0.2, 0) is 0 Å². The van der Waals surface area contributed by atoms with Crippen molar-refractivity contribution in [3.63, 3.8) is 0 Å². The summed E-state index contributed by atoms with van der Waals surface area (Å²) < 4.78 is 5.01. The first-order valence-electron chi connectivity index (χ1n) is 3.94. The van der Waals surface area contributed by atoms with Crippen molar-refractivity contribution >= 4 is 17.6 Å². The van der Waals surface area contributed by atoms with Gasteiger partial charge < -0.3 is 14.9 Å². The first-order valence-corrected chi connectivity index (χ1v) is 4.32. The fraction of sp³-hybridized carbons (Fsp3) is 0.222. The van der Waals surface area contributed by atoms with Crippen molar-refractivity contribution in [2.75, 3.05) is 6.61 Å². The molecule has 14 heavy (non-hydrogen) atoms. The number of benzene rings is 1. The van der Waals surface area contributed by atoms with E-state index in [4.69, 9.17) is 21.4 Å². The van der Waals surface area contributed by atoms with Crippen LogP contribution < -0.4 is 4.74 Å². The van der Waals surface area contributed by atoms with Crippen molar-refractivity contribution < 1.29 is 19.7 Å². The summed E-state index contributed by atoms with van der Waals surface area (Å²) in [6.45, 7) is 2.05. The predicted molar refractivity (Wildman–Crippen MR) is 51.2 cm³/mol. The molecular formula is C9H9ClO4. The summed E-state index contributed by atoms with van der Waals surface area (Å²) >= 11 is 5.65. The summed E-state index contributed by atoms with van der Waals surface area (Å²) in [5.74, 6) is -1.56. The van der Waals surface area contributed by atoms with Crippen molar-refractivity contribution in [1.29, 1.82) is 0 Å². The van der Waals surface area contributed by atoms with Crippen molar-refractivity contribution in [1.82, 2.24) is 0 Å². The molecule has 0 spiro atoms. The fourth-order valence-corrected chi connectivity index (χ4v) is 1.21. The van der Waals surface area contributed by atoms with E-state index in [9.17, 15) is 9.90 Å². The van der Waals surface area contributed by atoms with E-state index < -0.39 is 11.7 Å². The predicted octanol–water partition coefficient (Wildman–Crippen LogP) is 2.14. The molecule has 0 fully saturated rings. The average molecular weight is 217 g/mol. The Bertz CT molecular complexity index is 362. The molecule has 2 N–H and O–H groups in total. The number of ether oxygens (including phenoxy) is 1. The van der Waals surface area contributed by atoms with E-state index >= 15 is 0 Å². The highest BCUT2D eigenvalue weighted by molar-refractivity contribution is 6.31. The van der Waals surface area contributed by atoms with E-state index in [-0.39, 0.29) is 16.3 Å². The molecule has 0 heterocycles.